The summed E-state index contributed by atoms with van der Waals surface area (Å²) in [6.07, 6.45) is 0.450. The molecular weight excluding hydrogens is 262 g/mol. The molecule has 0 aliphatic rings. The van der Waals surface area contributed by atoms with E-state index in [1.54, 1.807) is 0 Å². The molecule has 0 saturated heterocycles. The van der Waals surface area contributed by atoms with Gasteiger partial charge < -0.3 is 5.73 Å². The molecule has 3 aromatic rings. The summed E-state index contributed by atoms with van der Waals surface area (Å²) in [5.74, 6) is 0. The first kappa shape index (κ1) is 11.9. The zero-order valence-corrected chi connectivity index (χ0v) is 10.8. The molecule has 3 rings (SSSR count). The van der Waals surface area contributed by atoms with Crippen LogP contribution in [0.25, 0.3) is 4.96 Å². The SMILES string of the molecule is NCc1nn2c(=O)c(Cc3ccccc3)nnc2s1. The molecule has 19 heavy (non-hydrogen) atoms. The molecule has 0 aliphatic carbocycles. The fraction of sp³-hybridized carbons (Fsp3) is 0.167. The van der Waals surface area contributed by atoms with Gasteiger partial charge in [-0.15, -0.1) is 10.2 Å². The minimum atomic E-state index is -0.232. The third-order valence-corrected chi connectivity index (χ3v) is 3.61. The van der Waals surface area contributed by atoms with E-state index in [-0.39, 0.29) is 5.56 Å². The number of nitrogens with zero attached hydrogens (tertiary/aromatic N) is 4. The van der Waals surface area contributed by atoms with E-state index in [0.717, 1.165) is 5.56 Å². The predicted octanol–water partition coefficient (Wildman–Crippen LogP) is 0.595. The van der Waals surface area contributed by atoms with E-state index in [1.165, 1.54) is 15.9 Å². The summed E-state index contributed by atoms with van der Waals surface area (Å²) in [5, 5.41) is 12.8. The Balaban J connectivity index is 2.05. The number of nitrogens with two attached hydrogens (primary N) is 1. The Bertz CT molecular complexity index is 765. The van der Waals surface area contributed by atoms with Crippen molar-refractivity contribution in [3.8, 4) is 0 Å². The molecule has 0 unspecified atom stereocenters. The highest BCUT2D eigenvalue weighted by Crippen LogP contribution is 2.10. The molecule has 2 N–H and O–H groups in total. The second-order valence-electron chi connectivity index (χ2n) is 4.01. The number of hydrogen-bond acceptors (Lipinski definition) is 6. The number of benzene rings is 1. The van der Waals surface area contributed by atoms with Crippen LogP contribution in [0.3, 0.4) is 0 Å². The van der Waals surface area contributed by atoms with E-state index in [0.29, 0.717) is 28.6 Å². The van der Waals surface area contributed by atoms with Gasteiger partial charge in [-0.05, 0) is 5.56 Å². The Morgan fingerprint density at radius 3 is 2.74 bits per heavy atom. The molecule has 7 heteroatoms. The van der Waals surface area contributed by atoms with Crippen molar-refractivity contribution in [3.63, 3.8) is 0 Å². The zero-order valence-electron chi connectivity index (χ0n) is 9.98. The summed E-state index contributed by atoms with van der Waals surface area (Å²) in [4.78, 5) is 12.7. The largest absolute Gasteiger partial charge is 0.324 e. The lowest BCUT2D eigenvalue weighted by molar-refractivity contribution is 0.789. The van der Waals surface area contributed by atoms with E-state index in [1.807, 2.05) is 30.3 Å². The Morgan fingerprint density at radius 2 is 2.00 bits per heavy atom. The molecule has 0 aliphatic heterocycles. The average Bonchev–Trinajstić information content (AvgIpc) is 2.87. The first-order valence-corrected chi connectivity index (χ1v) is 6.58. The lowest BCUT2D eigenvalue weighted by atomic mass is 10.1. The van der Waals surface area contributed by atoms with Gasteiger partial charge in [0.15, 0.2) is 0 Å². The van der Waals surface area contributed by atoms with Gasteiger partial charge in [-0.3, -0.25) is 4.79 Å². The van der Waals surface area contributed by atoms with Crippen LogP contribution in [-0.4, -0.2) is 19.8 Å². The van der Waals surface area contributed by atoms with E-state index in [9.17, 15) is 4.79 Å². The average molecular weight is 273 g/mol. The molecule has 0 spiro atoms. The lowest BCUT2D eigenvalue weighted by Gasteiger charge is -1.99. The second kappa shape index (κ2) is 4.87. The topological polar surface area (TPSA) is 86.2 Å². The van der Waals surface area contributed by atoms with Crippen molar-refractivity contribution in [2.45, 2.75) is 13.0 Å². The first-order chi connectivity index (χ1) is 9.28. The van der Waals surface area contributed by atoms with Gasteiger partial charge >= 0.3 is 0 Å². The quantitative estimate of drug-likeness (QED) is 0.755. The normalized spacial score (nSPS) is 11.0. The summed E-state index contributed by atoms with van der Waals surface area (Å²) in [7, 11) is 0. The van der Waals surface area contributed by atoms with Crippen LogP contribution in [0, 0.1) is 0 Å². The maximum atomic E-state index is 12.2. The summed E-state index contributed by atoms with van der Waals surface area (Å²) in [6, 6.07) is 9.67. The molecule has 0 bridgehead atoms. The van der Waals surface area contributed by atoms with Crippen molar-refractivity contribution in [2.24, 2.45) is 5.73 Å². The molecular formula is C12H11N5OS. The van der Waals surface area contributed by atoms with Crippen LogP contribution in [-0.2, 0) is 13.0 Å². The van der Waals surface area contributed by atoms with Gasteiger partial charge in [-0.25, -0.2) is 0 Å². The number of fused-ring (bicyclic) bond motifs is 1. The predicted molar refractivity (Wildman–Crippen MR) is 72.1 cm³/mol. The molecule has 6 nitrogen and oxygen atoms in total. The fourth-order valence-corrected chi connectivity index (χ4v) is 2.48. The van der Waals surface area contributed by atoms with E-state index in [2.05, 4.69) is 15.3 Å². The summed E-state index contributed by atoms with van der Waals surface area (Å²) < 4.78 is 1.28. The molecule has 1 aromatic carbocycles. The van der Waals surface area contributed by atoms with Crippen LogP contribution in [0.4, 0.5) is 0 Å². The number of aromatic nitrogens is 4. The van der Waals surface area contributed by atoms with Crippen LogP contribution in [0.1, 0.15) is 16.3 Å². The molecule has 0 atom stereocenters. The van der Waals surface area contributed by atoms with E-state index in [4.69, 9.17) is 5.73 Å². The van der Waals surface area contributed by atoms with Crippen molar-refractivity contribution in [3.05, 3.63) is 57.0 Å². The van der Waals surface area contributed by atoms with Gasteiger partial charge in [-0.2, -0.15) is 9.61 Å². The summed E-state index contributed by atoms with van der Waals surface area (Å²) >= 11 is 1.28. The van der Waals surface area contributed by atoms with Gasteiger partial charge in [0.25, 0.3) is 5.56 Å². The van der Waals surface area contributed by atoms with Crippen LogP contribution < -0.4 is 11.3 Å². The highest BCUT2D eigenvalue weighted by atomic mass is 32.1. The molecule has 2 heterocycles. The third kappa shape index (κ3) is 2.25. The van der Waals surface area contributed by atoms with Crippen molar-refractivity contribution in [2.75, 3.05) is 0 Å². The first-order valence-electron chi connectivity index (χ1n) is 5.76. The monoisotopic (exact) mass is 273 g/mol. The van der Waals surface area contributed by atoms with Crippen LogP contribution in [0.5, 0.6) is 0 Å². The van der Waals surface area contributed by atoms with Crippen molar-refractivity contribution >= 4 is 16.3 Å². The molecule has 2 aromatic heterocycles. The van der Waals surface area contributed by atoms with Gasteiger partial charge in [0.1, 0.15) is 10.7 Å². The maximum absolute atomic E-state index is 12.2. The molecule has 0 radical (unpaired) electrons. The Hall–Kier alpha value is -2.12. The van der Waals surface area contributed by atoms with Crippen LogP contribution in [0.2, 0.25) is 0 Å². The van der Waals surface area contributed by atoms with Crippen molar-refractivity contribution < 1.29 is 0 Å². The Labute approximate surface area is 112 Å². The molecule has 0 amide bonds. The smallest absolute Gasteiger partial charge is 0.297 e. The van der Waals surface area contributed by atoms with Gasteiger partial charge in [0, 0.05) is 13.0 Å². The van der Waals surface area contributed by atoms with Crippen LogP contribution in [0.15, 0.2) is 35.1 Å². The highest BCUT2D eigenvalue weighted by molar-refractivity contribution is 7.16. The molecule has 0 fully saturated rings. The summed E-state index contributed by atoms with van der Waals surface area (Å²) in [5.41, 5.74) is 6.68. The van der Waals surface area contributed by atoms with Crippen molar-refractivity contribution in [1.29, 1.82) is 0 Å². The third-order valence-electron chi connectivity index (χ3n) is 2.69. The van der Waals surface area contributed by atoms with Gasteiger partial charge in [0.2, 0.25) is 4.96 Å². The highest BCUT2D eigenvalue weighted by Gasteiger charge is 2.11. The van der Waals surface area contributed by atoms with Gasteiger partial charge in [-0.1, -0.05) is 41.7 Å². The zero-order chi connectivity index (χ0) is 13.2. The van der Waals surface area contributed by atoms with Gasteiger partial charge in [0.05, 0.1) is 0 Å². The maximum Gasteiger partial charge on any atom is 0.297 e. The minimum absolute atomic E-state index is 0.232. The Morgan fingerprint density at radius 1 is 1.21 bits per heavy atom. The minimum Gasteiger partial charge on any atom is -0.324 e. The van der Waals surface area contributed by atoms with E-state index >= 15 is 0 Å². The lowest BCUT2D eigenvalue weighted by Crippen LogP contribution is -2.22. The summed E-state index contributed by atoms with van der Waals surface area (Å²) in [6.45, 7) is 0.293. The molecule has 0 saturated carbocycles. The molecule has 96 valence electrons. The van der Waals surface area contributed by atoms with Crippen molar-refractivity contribution in [1.82, 2.24) is 19.8 Å². The van der Waals surface area contributed by atoms with E-state index < -0.39 is 0 Å². The number of rotatable bonds is 3. The number of hydrogen-bond donors (Lipinski definition) is 1. The fourth-order valence-electron chi connectivity index (χ4n) is 1.77. The second-order valence-corrected chi connectivity index (χ2v) is 5.05. The van der Waals surface area contributed by atoms with Crippen LogP contribution >= 0.6 is 11.3 Å². The standard InChI is InChI=1S/C12H11N5OS/c13-7-10-16-17-11(18)9(14-15-12(17)19-10)6-8-4-2-1-3-5-8/h1-5H,6-7,13H2. The Kier molecular flexibility index (Phi) is 3.06.